The number of carbonyl (C=O) groups is 1. The number of benzene rings is 2. The number of aromatic nitrogens is 3. The number of halogens is 1. The van der Waals surface area contributed by atoms with Gasteiger partial charge in [-0.1, -0.05) is 17.7 Å². The minimum absolute atomic E-state index is 0.00361. The topological polar surface area (TPSA) is 73.0 Å². The molecule has 0 bridgehead atoms. The van der Waals surface area contributed by atoms with E-state index in [4.69, 9.17) is 4.42 Å². The van der Waals surface area contributed by atoms with E-state index in [1.54, 1.807) is 10.7 Å². The number of nitrogens with zero attached hydrogens (tertiary/aromatic N) is 3. The molecule has 4 aromatic rings. The first kappa shape index (κ1) is 16.7. The smallest absolute Gasteiger partial charge is 0.295 e. The summed E-state index contributed by atoms with van der Waals surface area (Å²) in [7, 11) is 0. The molecule has 0 aliphatic rings. The van der Waals surface area contributed by atoms with Gasteiger partial charge in [-0.3, -0.25) is 4.79 Å². The van der Waals surface area contributed by atoms with Gasteiger partial charge in [-0.05, 0) is 49.4 Å². The summed E-state index contributed by atoms with van der Waals surface area (Å²) >= 11 is 0. The average molecular weight is 362 g/mol. The van der Waals surface area contributed by atoms with Crippen LogP contribution in [0.25, 0.3) is 17.1 Å². The van der Waals surface area contributed by atoms with Gasteiger partial charge in [0.1, 0.15) is 12.1 Å². The van der Waals surface area contributed by atoms with E-state index >= 15 is 0 Å². The van der Waals surface area contributed by atoms with Crippen molar-refractivity contribution in [2.45, 2.75) is 6.92 Å². The van der Waals surface area contributed by atoms with Crippen LogP contribution in [0.4, 0.5) is 10.1 Å². The number of rotatable bonds is 4. The maximum absolute atomic E-state index is 13.0. The molecule has 2 aromatic heterocycles. The van der Waals surface area contributed by atoms with Gasteiger partial charge >= 0.3 is 0 Å². The zero-order valence-electron chi connectivity index (χ0n) is 14.4. The van der Waals surface area contributed by atoms with Crippen molar-refractivity contribution in [2.75, 3.05) is 5.32 Å². The highest BCUT2D eigenvalue weighted by atomic mass is 19.1. The van der Waals surface area contributed by atoms with Crippen LogP contribution in [0.2, 0.25) is 0 Å². The molecule has 0 aliphatic carbocycles. The Hall–Kier alpha value is -3.74. The monoisotopic (exact) mass is 362 g/mol. The van der Waals surface area contributed by atoms with Crippen molar-refractivity contribution in [1.29, 1.82) is 0 Å². The highest BCUT2D eigenvalue weighted by Gasteiger charge is 2.19. The average Bonchev–Trinajstić information content (AvgIpc) is 3.33. The SMILES string of the molecule is Cc1ccc(-n2nc(C(=O)Nc3ccc(F)cc3)nc2-c2ccoc2)cc1. The van der Waals surface area contributed by atoms with E-state index in [0.29, 0.717) is 17.1 Å². The number of nitrogens with one attached hydrogen (secondary N) is 1. The van der Waals surface area contributed by atoms with Gasteiger partial charge in [0.05, 0.1) is 17.5 Å². The summed E-state index contributed by atoms with van der Waals surface area (Å²) in [5.41, 5.74) is 3.03. The molecule has 0 radical (unpaired) electrons. The van der Waals surface area contributed by atoms with E-state index in [0.717, 1.165) is 11.3 Å². The normalized spacial score (nSPS) is 10.7. The maximum Gasteiger partial charge on any atom is 0.295 e. The molecule has 0 saturated heterocycles. The summed E-state index contributed by atoms with van der Waals surface area (Å²) in [6.45, 7) is 1.99. The van der Waals surface area contributed by atoms with Gasteiger partial charge in [-0.15, -0.1) is 5.10 Å². The molecule has 7 heteroatoms. The van der Waals surface area contributed by atoms with Crippen molar-refractivity contribution in [3.8, 4) is 17.1 Å². The number of anilines is 1. The van der Waals surface area contributed by atoms with Crippen LogP contribution in [0, 0.1) is 12.7 Å². The summed E-state index contributed by atoms with van der Waals surface area (Å²) in [6, 6.07) is 14.9. The molecule has 2 aromatic carbocycles. The Labute approximate surface area is 154 Å². The zero-order chi connectivity index (χ0) is 18.8. The molecule has 0 fully saturated rings. The van der Waals surface area contributed by atoms with E-state index in [9.17, 15) is 9.18 Å². The number of amides is 1. The summed E-state index contributed by atoms with van der Waals surface area (Å²) in [5.74, 6) is -0.387. The first-order chi connectivity index (χ1) is 13.1. The number of aryl methyl sites for hydroxylation is 1. The Kier molecular flexibility index (Phi) is 4.25. The Balaban J connectivity index is 1.71. The van der Waals surface area contributed by atoms with Crippen LogP contribution in [0.1, 0.15) is 16.2 Å². The lowest BCUT2D eigenvalue weighted by Gasteiger charge is -2.04. The Morgan fingerprint density at radius 2 is 1.81 bits per heavy atom. The number of hydrogen-bond acceptors (Lipinski definition) is 4. The lowest BCUT2D eigenvalue weighted by Crippen LogP contribution is -2.14. The molecule has 0 atom stereocenters. The minimum atomic E-state index is -0.489. The molecule has 0 saturated carbocycles. The predicted octanol–water partition coefficient (Wildman–Crippen LogP) is 4.23. The number of furan rings is 1. The van der Waals surface area contributed by atoms with Crippen molar-refractivity contribution in [1.82, 2.24) is 14.8 Å². The molecular weight excluding hydrogens is 347 g/mol. The number of carbonyl (C=O) groups excluding carboxylic acids is 1. The van der Waals surface area contributed by atoms with Crippen LogP contribution in [0.3, 0.4) is 0 Å². The van der Waals surface area contributed by atoms with Gasteiger partial charge < -0.3 is 9.73 Å². The molecule has 2 heterocycles. The van der Waals surface area contributed by atoms with E-state index in [-0.39, 0.29) is 11.6 Å². The van der Waals surface area contributed by atoms with Gasteiger partial charge in [0, 0.05) is 5.69 Å². The highest BCUT2D eigenvalue weighted by Crippen LogP contribution is 2.22. The van der Waals surface area contributed by atoms with Crippen molar-refractivity contribution in [3.63, 3.8) is 0 Å². The molecule has 6 nitrogen and oxygen atoms in total. The summed E-state index contributed by atoms with van der Waals surface area (Å²) in [5, 5.41) is 7.02. The largest absolute Gasteiger partial charge is 0.472 e. The zero-order valence-corrected chi connectivity index (χ0v) is 14.4. The third-order valence-electron chi connectivity index (χ3n) is 3.97. The lowest BCUT2D eigenvalue weighted by atomic mass is 10.2. The highest BCUT2D eigenvalue weighted by molar-refractivity contribution is 6.01. The quantitative estimate of drug-likeness (QED) is 0.590. The van der Waals surface area contributed by atoms with Crippen LogP contribution in [0.5, 0.6) is 0 Å². The molecule has 0 unspecified atom stereocenters. The van der Waals surface area contributed by atoms with Crippen molar-refractivity contribution >= 4 is 11.6 Å². The molecule has 1 N–H and O–H groups in total. The van der Waals surface area contributed by atoms with Gasteiger partial charge in [-0.2, -0.15) is 0 Å². The molecule has 4 rings (SSSR count). The second-order valence-corrected chi connectivity index (χ2v) is 5.98. The van der Waals surface area contributed by atoms with Crippen molar-refractivity contribution < 1.29 is 13.6 Å². The van der Waals surface area contributed by atoms with Gasteiger partial charge in [0.15, 0.2) is 5.82 Å². The third-order valence-corrected chi connectivity index (χ3v) is 3.97. The fourth-order valence-corrected chi connectivity index (χ4v) is 2.57. The lowest BCUT2D eigenvalue weighted by molar-refractivity contribution is 0.101. The van der Waals surface area contributed by atoms with Crippen LogP contribution < -0.4 is 5.32 Å². The predicted molar refractivity (Wildman–Crippen MR) is 98.2 cm³/mol. The molecule has 0 aliphatic heterocycles. The van der Waals surface area contributed by atoms with Crippen molar-refractivity contribution in [3.05, 3.63) is 84.3 Å². The maximum atomic E-state index is 13.0. The summed E-state index contributed by atoms with van der Waals surface area (Å²) < 4.78 is 19.8. The first-order valence-corrected chi connectivity index (χ1v) is 8.24. The van der Waals surface area contributed by atoms with Gasteiger partial charge in [0.2, 0.25) is 5.82 Å². The van der Waals surface area contributed by atoms with Gasteiger partial charge in [-0.25, -0.2) is 14.1 Å². The first-order valence-electron chi connectivity index (χ1n) is 8.24. The fraction of sp³-hybridized carbons (Fsp3) is 0.0500. The second-order valence-electron chi connectivity index (χ2n) is 5.98. The minimum Gasteiger partial charge on any atom is -0.472 e. The molecular formula is C20H15FN4O2. The summed E-state index contributed by atoms with van der Waals surface area (Å²) in [4.78, 5) is 16.9. The standard InChI is InChI=1S/C20H15FN4O2/c1-13-2-8-17(9-3-13)25-19(14-10-11-27-12-14)23-18(24-25)20(26)22-16-6-4-15(21)5-7-16/h2-12H,1H3,(H,22,26). The van der Waals surface area contributed by atoms with Crippen LogP contribution in [-0.4, -0.2) is 20.7 Å². The summed E-state index contributed by atoms with van der Waals surface area (Å²) in [6.07, 6.45) is 3.07. The Morgan fingerprint density at radius 3 is 2.48 bits per heavy atom. The van der Waals surface area contributed by atoms with Crippen molar-refractivity contribution in [2.24, 2.45) is 0 Å². The van der Waals surface area contributed by atoms with Crippen LogP contribution >= 0.6 is 0 Å². The van der Waals surface area contributed by atoms with Crippen LogP contribution in [-0.2, 0) is 0 Å². The molecule has 27 heavy (non-hydrogen) atoms. The Morgan fingerprint density at radius 1 is 1.07 bits per heavy atom. The van der Waals surface area contributed by atoms with Crippen LogP contribution in [0.15, 0.2) is 71.5 Å². The van der Waals surface area contributed by atoms with E-state index in [1.165, 1.54) is 36.8 Å². The third kappa shape index (κ3) is 3.48. The van der Waals surface area contributed by atoms with E-state index in [2.05, 4.69) is 15.4 Å². The molecule has 1 amide bonds. The number of hydrogen-bond donors (Lipinski definition) is 1. The van der Waals surface area contributed by atoms with E-state index < -0.39 is 5.91 Å². The fourth-order valence-electron chi connectivity index (χ4n) is 2.57. The van der Waals surface area contributed by atoms with Gasteiger partial charge in [0.25, 0.3) is 5.91 Å². The second kappa shape index (κ2) is 6.87. The molecule has 134 valence electrons. The molecule has 0 spiro atoms. The van der Waals surface area contributed by atoms with E-state index in [1.807, 2.05) is 31.2 Å². The Bertz CT molecular complexity index is 1070.